The maximum atomic E-state index is 12.2. The smallest absolute Gasteiger partial charge is 0.339 e. The second-order valence-corrected chi connectivity index (χ2v) is 5.94. The molecule has 0 saturated carbocycles. The summed E-state index contributed by atoms with van der Waals surface area (Å²) in [7, 11) is 0. The van der Waals surface area contributed by atoms with Crippen LogP contribution in [-0.2, 0) is 9.47 Å². The van der Waals surface area contributed by atoms with Crippen LogP contribution < -0.4 is 0 Å². The van der Waals surface area contributed by atoms with Crippen LogP contribution in [0, 0.1) is 0 Å². The molecule has 0 bridgehead atoms. The Labute approximate surface area is 144 Å². The fraction of sp³-hybridized carbons (Fsp3) is 0.500. The van der Waals surface area contributed by atoms with Gasteiger partial charge in [-0.2, -0.15) is 0 Å². The number of unbranched alkanes of at least 4 members (excludes halogenated alkanes) is 4. The summed E-state index contributed by atoms with van der Waals surface area (Å²) in [4.78, 5) is 24.3. The molecular formula is C20H28O4. The van der Waals surface area contributed by atoms with Gasteiger partial charge < -0.3 is 9.47 Å². The molecule has 0 unspecified atom stereocenters. The summed E-state index contributed by atoms with van der Waals surface area (Å²) < 4.78 is 10.5. The Balaban J connectivity index is 2.53. The minimum absolute atomic E-state index is 0.246. The van der Waals surface area contributed by atoms with Crippen molar-refractivity contribution in [3.8, 4) is 0 Å². The van der Waals surface area contributed by atoms with Crippen molar-refractivity contribution in [3.05, 3.63) is 47.5 Å². The van der Waals surface area contributed by atoms with Gasteiger partial charge in [-0.15, -0.1) is 6.58 Å². The van der Waals surface area contributed by atoms with Gasteiger partial charge in [0.15, 0.2) is 0 Å². The molecule has 0 aromatic heterocycles. The molecule has 0 radical (unpaired) electrons. The predicted octanol–water partition coefficient (Wildman–Crippen LogP) is 4.94. The first kappa shape index (κ1) is 19.9. The van der Waals surface area contributed by atoms with Crippen LogP contribution in [0.3, 0.4) is 0 Å². The number of hydrogen-bond acceptors (Lipinski definition) is 4. The van der Waals surface area contributed by atoms with E-state index in [0.29, 0.717) is 13.0 Å². The van der Waals surface area contributed by atoms with E-state index in [-0.39, 0.29) is 17.7 Å². The maximum absolute atomic E-state index is 12.2. The number of hydrogen-bond donors (Lipinski definition) is 0. The van der Waals surface area contributed by atoms with Crippen molar-refractivity contribution in [2.45, 2.75) is 52.4 Å². The van der Waals surface area contributed by atoms with Crippen molar-refractivity contribution in [2.75, 3.05) is 13.2 Å². The lowest BCUT2D eigenvalue weighted by Crippen LogP contribution is -2.15. The monoisotopic (exact) mass is 332 g/mol. The molecule has 1 aromatic carbocycles. The van der Waals surface area contributed by atoms with Crippen LogP contribution >= 0.6 is 0 Å². The molecule has 0 heterocycles. The van der Waals surface area contributed by atoms with Crippen LogP contribution in [0.5, 0.6) is 0 Å². The van der Waals surface area contributed by atoms with E-state index in [0.717, 1.165) is 24.8 Å². The van der Waals surface area contributed by atoms with Gasteiger partial charge in [0.2, 0.25) is 0 Å². The Hall–Kier alpha value is -2.10. The van der Waals surface area contributed by atoms with Gasteiger partial charge in [0, 0.05) is 6.42 Å². The average molecular weight is 332 g/mol. The van der Waals surface area contributed by atoms with Crippen molar-refractivity contribution in [1.29, 1.82) is 0 Å². The van der Waals surface area contributed by atoms with Crippen molar-refractivity contribution < 1.29 is 19.1 Å². The fourth-order valence-corrected chi connectivity index (χ4v) is 2.18. The molecule has 0 aliphatic heterocycles. The third-order valence-electron chi connectivity index (χ3n) is 3.61. The second-order valence-electron chi connectivity index (χ2n) is 5.94. The number of benzene rings is 1. The van der Waals surface area contributed by atoms with Gasteiger partial charge in [0.05, 0.1) is 24.3 Å². The van der Waals surface area contributed by atoms with Crippen LogP contribution in [0.1, 0.15) is 73.1 Å². The van der Waals surface area contributed by atoms with E-state index in [1.54, 1.807) is 24.3 Å². The van der Waals surface area contributed by atoms with E-state index in [4.69, 9.17) is 9.47 Å². The number of carbonyl (C=O) groups is 2. The Morgan fingerprint density at radius 2 is 1.46 bits per heavy atom. The Bertz CT molecular complexity index is 548. The van der Waals surface area contributed by atoms with Gasteiger partial charge in [-0.05, 0) is 25.5 Å². The fourth-order valence-electron chi connectivity index (χ4n) is 2.18. The molecular weight excluding hydrogens is 304 g/mol. The lowest BCUT2D eigenvalue weighted by atomic mass is 10.1. The molecule has 132 valence electrons. The zero-order valence-electron chi connectivity index (χ0n) is 14.8. The van der Waals surface area contributed by atoms with Crippen LogP contribution in [0.4, 0.5) is 0 Å². The minimum Gasteiger partial charge on any atom is -0.462 e. The molecule has 0 fully saturated rings. The van der Waals surface area contributed by atoms with Crippen LogP contribution in [0.25, 0.3) is 0 Å². The van der Waals surface area contributed by atoms with Gasteiger partial charge in [-0.1, -0.05) is 50.3 Å². The SMILES string of the molecule is C=C(C)CCOC(=O)c1ccccc1C(=O)OCCCCCCC. The number of esters is 2. The normalized spacial score (nSPS) is 10.2. The predicted molar refractivity (Wildman–Crippen MR) is 95.2 cm³/mol. The molecule has 0 aliphatic carbocycles. The molecule has 0 spiro atoms. The summed E-state index contributed by atoms with van der Waals surface area (Å²) in [6.07, 6.45) is 6.03. The van der Waals surface area contributed by atoms with E-state index < -0.39 is 11.9 Å². The summed E-state index contributed by atoms with van der Waals surface area (Å²) in [5, 5.41) is 0. The lowest BCUT2D eigenvalue weighted by Gasteiger charge is -2.10. The molecule has 1 aromatic rings. The van der Waals surface area contributed by atoms with Crippen molar-refractivity contribution in [2.24, 2.45) is 0 Å². The molecule has 4 heteroatoms. The maximum Gasteiger partial charge on any atom is 0.339 e. The molecule has 0 atom stereocenters. The van der Waals surface area contributed by atoms with Crippen molar-refractivity contribution in [1.82, 2.24) is 0 Å². The number of rotatable bonds is 11. The first-order valence-corrected chi connectivity index (χ1v) is 8.64. The van der Waals surface area contributed by atoms with E-state index in [1.165, 1.54) is 12.8 Å². The molecule has 0 saturated heterocycles. The van der Waals surface area contributed by atoms with Gasteiger partial charge in [-0.25, -0.2) is 9.59 Å². The molecule has 0 aliphatic rings. The van der Waals surface area contributed by atoms with Gasteiger partial charge in [0.25, 0.3) is 0 Å². The van der Waals surface area contributed by atoms with Gasteiger partial charge >= 0.3 is 11.9 Å². The van der Waals surface area contributed by atoms with Gasteiger partial charge in [0.1, 0.15) is 0 Å². The van der Waals surface area contributed by atoms with Crippen LogP contribution in [-0.4, -0.2) is 25.2 Å². The highest BCUT2D eigenvalue weighted by Gasteiger charge is 2.18. The van der Waals surface area contributed by atoms with E-state index in [9.17, 15) is 9.59 Å². The highest BCUT2D eigenvalue weighted by atomic mass is 16.5. The highest BCUT2D eigenvalue weighted by molar-refractivity contribution is 6.03. The van der Waals surface area contributed by atoms with Crippen molar-refractivity contribution in [3.63, 3.8) is 0 Å². The van der Waals surface area contributed by atoms with Crippen LogP contribution in [0.15, 0.2) is 36.4 Å². The number of ether oxygens (including phenoxy) is 2. The Morgan fingerprint density at radius 1 is 0.917 bits per heavy atom. The zero-order chi connectivity index (χ0) is 17.8. The molecule has 0 amide bonds. The van der Waals surface area contributed by atoms with Crippen LogP contribution in [0.2, 0.25) is 0 Å². The highest BCUT2D eigenvalue weighted by Crippen LogP contribution is 2.13. The van der Waals surface area contributed by atoms with E-state index in [2.05, 4.69) is 13.5 Å². The minimum atomic E-state index is -0.508. The summed E-state index contributed by atoms with van der Waals surface area (Å²) in [5.41, 5.74) is 1.44. The first-order valence-electron chi connectivity index (χ1n) is 8.64. The molecule has 0 N–H and O–H groups in total. The molecule has 1 rings (SSSR count). The summed E-state index contributed by atoms with van der Waals surface area (Å²) in [5.74, 6) is -0.982. The standard InChI is InChI=1S/C20H28O4/c1-4-5-6-7-10-14-23-19(21)17-11-8-9-12-18(17)20(22)24-15-13-16(2)3/h8-9,11-12H,2,4-7,10,13-15H2,1,3H3. The summed E-state index contributed by atoms with van der Waals surface area (Å²) in [6, 6.07) is 6.59. The summed E-state index contributed by atoms with van der Waals surface area (Å²) in [6.45, 7) is 8.43. The third kappa shape index (κ3) is 7.44. The quantitative estimate of drug-likeness (QED) is 0.327. The molecule has 24 heavy (non-hydrogen) atoms. The lowest BCUT2D eigenvalue weighted by molar-refractivity contribution is 0.0456. The largest absolute Gasteiger partial charge is 0.462 e. The Kier molecular flexibility index (Phi) is 9.51. The van der Waals surface area contributed by atoms with E-state index >= 15 is 0 Å². The molecule has 4 nitrogen and oxygen atoms in total. The average Bonchev–Trinajstić information content (AvgIpc) is 2.57. The topological polar surface area (TPSA) is 52.6 Å². The van der Waals surface area contributed by atoms with E-state index in [1.807, 2.05) is 6.92 Å². The Morgan fingerprint density at radius 3 is 2.00 bits per heavy atom. The third-order valence-corrected chi connectivity index (χ3v) is 3.61. The summed E-state index contributed by atoms with van der Waals surface area (Å²) >= 11 is 0. The number of carbonyl (C=O) groups excluding carboxylic acids is 2. The first-order chi connectivity index (χ1) is 11.6. The van der Waals surface area contributed by atoms with Gasteiger partial charge in [-0.3, -0.25) is 0 Å². The zero-order valence-corrected chi connectivity index (χ0v) is 14.8. The van der Waals surface area contributed by atoms with Crippen molar-refractivity contribution >= 4 is 11.9 Å². The second kappa shape index (κ2) is 11.4.